The molecule has 1 atom stereocenters. The van der Waals surface area contributed by atoms with E-state index in [9.17, 15) is 4.79 Å². The van der Waals surface area contributed by atoms with Crippen LogP contribution in [-0.2, 0) is 9.53 Å². The van der Waals surface area contributed by atoms with Crippen LogP contribution in [0.25, 0.3) is 0 Å². The van der Waals surface area contributed by atoms with Crippen LogP contribution in [0.3, 0.4) is 0 Å². The maximum Gasteiger partial charge on any atom is 0.243 e. The minimum atomic E-state index is -0.110. The highest BCUT2D eigenvalue weighted by Gasteiger charge is 2.17. The molecule has 1 aliphatic heterocycles. The molecule has 5 heteroatoms. The number of amides is 1. The Hall–Kier alpha value is -2.53. The normalized spacial score (nSPS) is 16.3. The Labute approximate surface area is 161 Å². The Kier molecular flexibility index (Phi) is 6.71. The fourth-order valence-electron chi connectivity index (χ4n) is 3.19. The number of hydrogen-bond donors (Lipinski definition) is 2. The maximum absolute atomic E-state index is 12.4. The van der Waals surface area contributed by atoms with Crippen molar-refractivity contribution in [2.75, 3.05) is 30.4 Å². The lowest BCUT2D eigenvalue weighted by Gasteiger charge is -2.16. The minimum Gasteiger partial charge on any atom is -0.489 e. The molecule has 0 bridgehead atoms. The van der Waals surface area contributed by atoms with Gasteiger partial charge in [-0.05, 0) is 42.5 Å². The fraction of sp³-hybridized carbons (Fsp3) is 0.409. The van der Waals surface area contributed by atoms with Crippen molar-refractivity contribution in [3.05, 3.63) is 54.1 Å². The van der Waals surface area contributed by atoms with Gasteiger partial charge in [-0.3, -0.25) is 4.79 Å². The third-order valence-electron chi connectivity index (χ3n) is 4.63. The van der Waals surface area contributed by atoms with Gasteiger partial charge in [0.15, 0.2) is 0 Å². The smallest absolute Gasteiger partial charge is 0.243 e. The number of para-hydroxylation sites is 3. The molecule has 2 aromatic rings. The predicted molar refractivity (Wildman–Crippen MR) is 109 cm³/mol. The third-order valence-corrected chi connectivity index (χ3v) is 4.63. The maximum atomic E-state index is 12.4. The van der Waals surface area contributed by atoms with Gasteiger partial charge >= 0.3 is 0 Å². The van der Waals surface area contributed by atoms with Crippen molar-refractivity contribution in [2.45, 2.75) is 38.7 Å². The molecular weight excluding hydrogens is 340 g/mol. The van der Waals surface area contributed by atoms with E-state index in [4.69, 9.17) is 9.47 Å². The van der Waals surface area contributed by atoms with Crippen molar-refractivity contribution < 1.29 is 14.3 Å². The monoisotopic (exact) mass is 368 g/mol. The highest BCUT2D eigenvalue weighted by Crippen LogP contribution is 2.26. The molecule has 5 nitrogen and oxygen atoms in total. The highest BCUT2D eigenvalue weighted by molar-refractivity contribution is 5.95. The van der Waals surface area contributed by atoms with E-state index in [1.54, 1.807) is 0 Å². The highest BCUT2D eigenvalue weighted by atomic mass is 16.5. The lowest BCUT2D eigenvalue weighted by molar-refractivity contribution is -0.114. The van der Waals surface area contributed by atoms with Crippen molar-refractivity contribution in [3.8, 4) is 5.75 Å². The zero-order chi connectivity index (χ0) is 19.1. The average molecular weight is 368 g/mol. The van der Waals surface area contributed by atoms with Crippen LogP contribution in [0.5, 0.6) is 5.75 Å². The van der Waals surface area contributed by atoms with Crippen LogP contribution in [0.2, 0.25) is 0 Å². The largest absolute Gasteiger partial charge is 0.489 e. The van der Waals surface area contributed by atoms with Crippen LogP contribution in [0.15, 0.2) is 48.5 Å². The molecule has 1 saturated heterocycles. The standard InChI is InChI=1S/C22H28N2O3/c1-16(2)18-9-3-4-10-19(18)23-14-22(25)24-20-11-5-6-12-21(20)27-15-17-8-7-13-26-17/h3-6,9-12,16-17,23H,7-8,13-15H2,1-2H3,(H,24,25). The molecule has 1 fully saturated rings. The van der Waals surface area contributed by atoms with Gasteiger partial charge < -0.3 is 20.1 Å². The molecule has 3 rings (SSSR count). The van der Waals surface area contributed by atoms with Crippen LogP contribution in [0.1, 0.15) is 38.2 Å². The van der Waals surface area contributed by atoms with E-state index in [1.165, 1.54) is 5.56 Å². The van der Waals surface area contributed by atoms with E-state index in [-0.39, 0.29) is 18.6 Å². The number of carbonyl (C=O) groups is 1. The molecule has 144 valence electrons. The topological polar surface area (TPSA) is 59.6 Å². The molecule has 1 aliphatic rings. The summed E-state index contributed by atoms with van der Waals surface area (Å²) in [6.45, 7) is 5.79. The van der Waals surface area contributed by atoms with E-state index in [0.717, 1.165) is 25.1 Å². The number of ether oxygens (including phenoxy) is 2. The van der Waals surface area contributed by atoms with Gasteiger partial charge in [0, 0.05) is 12.3 Å². The summed E-state index contributed by atoms with van der Waals surface area (Å²) in [5.41, 5.74) is 2.87. The third kappa shape index (κ3) is 5.47. The van der Waals surface area contributed by atoms with Crippen LogP contribution in [-0.4, -0.2) is 31.8 Å². The summed E-state index contributed by atoms with van der Waals surface area (Å²) in [5, 5.41) is 6.18. The van der Waals surface area contributed by atoms with Gasteiger partial charge in [0.25, 0.3) is 0 Å². The number of nitrogens with one attached hydrogen (secondary N) is 2. The van der Waals surface area contributed by atoms with Gasteiger partial charge in [0.2, 0.25) is 5.91 Å². The molecule has 0 aromatic heterocycles. The van der Waals surface area contributed by atoms with Crippen molar-refractivity contribution in [1.82, 2.24) is 0 Å². The number of hydrogen-bond acceptors (Lipinski definition) is 4. The molecule has 0 saturated carbocycles. The van der Waals surface area contributed by atoms with Crippen LogP contribution in [0.4, 0.5) is 11.4 Å². The van der Waals surface area contributed by atoms with Crippen molar-refractivity contribution in [2.24, 2.45) is 0 Å². The number of benzene rings is 2. The van der Waals surface area contributed by atoms with Crippen LogP contribution < -0.4 is 15.4 Å². The second-order valence-corrected chi connectivity index (χ2v) is 7.09. The summed E-state index contributed by atoms with van der Waals surface area (Å²) in [5.74, 6) is 0.953. The van der Waals surface area contributed by atoms with Crippen LogP contribution in [0, 0.1) is 0 Å². The summed E-state index contributed by atoms with van der Waals surface area (Å²) in [6, 6.07) is 15.6. The molecule has 27 heavy (non-hydrogen) atoms. The lowest BCUT2D eigenvalue weighted by Crippen LogP contribution is -2.23. The number of carbonyl (C=O) groups excluding carboxylic acids is 1. The van der Waals surface area contributed by atoms with E-state index in [0.29, 0.717) is 24.0 Å². The quantitative estimate of drug-likeness (QED) is 0.724. The summed E-state index contributed by atoms with van der Waals surface area (Å²) in [6.07, 6.45) is 2.24. The van der Waals surface area contributed by atoms with Gasteiger partial charge in [-0.25, -0.2) is 0 Å². The predicted octanol–water partition coefficient (Wildman–Crippen LogP) is 4.42. The molecule has 2 N–H and O–H groups in total. The first-order chi connectivity index (χ1) is 13.1. The fourth-order valence-corrected chi connectivity index (χ4v) is 3.19. The van der Waals surface area contributed by atoms with Crippen molar-refractivity contribution in [3.63, 3.8) is 0 Å². The minimum absolute atomic E-state index is 0.110. The van der Waals surface area contributed by atoms with Crippen LogP contribution >= 0.6 is 0 Å². The SMILES string of the molecule is CC(C)c1ccccc1NCC(=O)Nc1ccccc1OCC1CCCO1. The Bertz CT molecular complexity index is 755. The second kappa shape index (κ2) is 9.42. The zero-order valence-corrected chi connectivity index (χ0v) is 16.0. The summed E-state index contributed by atoms with van der Waals surface area (Å²) in [4.78, 5) is 12.4. The van der Waals surface area contributed by atoms with Crippen molar-refractivity contribution in [1.29, 1.82) is 0 Å². The first-order valence-corrected chi connectivity index (χ1v) is 9.59. The Morgan fingerprint density at radius 1 is 1.15 bits per heavy atom. The molecule has 1 heterocycles. The summed E-state index contributed by atoms with van der Waals surface area (Å²) < 4.78 is 11.5. The van der Waals surface area contributed by atoms with Gasteiger partial charge in [-0.2, -0.15) is 0 Å². The Morgan fingerprint density at radius 3 is 2.63 bits per heavy atom. The molecule has 1 amide bonds. The molecule has 0 radical (unpaired) electrons. The van der Waals surface area contributed by atoms with Crippen molar-refractivity contribution >= 4 is 17.3 Å². The van der Waals surface area contributed by atoms with E-state index < -0.39 is 0 Å². The van der Waals surface area contributed by atoms with E-state index in [2.05, 4.69) is 30.5 Å². The Balaban J connectivity index is 1.56. The Morgan fingerprint density at radius 2 is 1.89 bits per heavy atom. The van der Waals surface area contributed by atoms with Gasteiger partial charge in [-0.1, -0.05) is 44.2 Å². The van der Waals surface area contributed by atoms with Gasteiger partial charge in [0.05, 0.1) is 18.3 Å². The van der Waals surface area contributed by atoms with E-state index in [1.807, 2.05) is 42.5 Å². The summed E-state index contributed by atoms with van der Waals surface area (Å²) >= 11 is 0. The number of anilines is 2. The first-order valence-electron chi connectivity index (χ1n) is 9.59. The number of rotatable bonds is 8. The lowest BCUT2D eigenvalue weighted by atomic mass is 10.0. The molecule has 1 unspecified atom stereocenters. The molecule has 0 aliphatic carbocycles. The van der Waals surface area contributed by atoms with E-state index >= 15 is 0 Å². The summed E-state index contributed by atoms with van der Waals surface area (Å²) in [7, 11) is 0. The van der Waals surface area contributed by atoms with Gasteiger partial charge in [0.1, 0.15) is 12.4 Å². The molecule has 0 spiro atoms. The second-order valence-electron chi connectivity index (χ2n) is 7.09. The zero-order valence-electron chi connectivity index (χ0n) is 16.0. The molecule has 2 aromatic carbocycles. The van der Waals surface area contributed by atoms with Gasteiger partial charge in [-0.15, -0.1) is 0 Å². The molecular formula is C22H28N2O3. The first kappa shape index (κ1) is 19.2. The average Bonchev–Trinajstić information content (AvgIpc) is 3.19.